The monoisotopic (exact) mass is 332 g/mol. The summed E-state index contributed by atoms with van der Waals surface area (Å²) < 4.78 is 5.18. The number of H-pyrrole nitrogens is 1. The zero-order valence-corrected chi connectivity index (χ0v) is 13.8. The average molecular weight is 332 g/mol. The third-order valence-corrected chi connectivity index (χ3v) is 3.84. The molecule has 124 valence electrons. The first-order chi connectivity index (χ1) is 12.2. The summed E-state index contributed by atoms with van der Waals surface area (Å²) in [5.74, 6) is 1.10. The summed E-state index contributed by atoms with van der Waals surface area (Å²) in [6.45, 7) is 2.04. The second kappa shape index (κ2) is 6.20. The number of aryl methyl sites for hydroxylation is 1. The van der Waals surface area contributed by atoms with Crippen LogP contribution in [0.15, 0.2) is 47.6 Å². The summed E-state index contributed by atoms with van der Waals surface area (Å²) in [7, 11) is 1.63. The van der Waals surface area contributed by atoms with E-state index in [9.17, 15) is 0 Å². The summed E-state index contributed by atoms with van der Waals surface area (Å²) in [4.78, 5) is 7.68. The van der Waals surface area contributed by atoms with Gasteiger partial charge in [0.05, 0.1) is 13.3 Å². The third kappa shape index (κ3) is 2.99. The van der Waals surface area contributed by atoms with E-state index in [-0.39, 0.29) is 0 Å². The van der Waals surface area contributed by atoms with Crippen LogP contribution in [0.4, 0.5) is 5.95 Å². The fourth-order valence-corrected chi connectivity index (χ4v) is 2.62. The van der Waals surface area contributed by atoms with Gasteiger partial charge in [-0.15, -0.1) is 10.2 Å². The Bertz CT molecular complexity index is 1090. The Labute approximate surface area is 143 Å². The molecule has 0 saturated carbocycles. The van der Waals surface area contributed by atoms with Crippen molar-refractivity contribution in [2.75, 3.05) is 12.5 Å². The van der Waals surface area contributed by atoms with Crippen molar-refractivity contribution < 1.29 is 4.74 Å². The number of rotatable bonds is 4. The van der Waals surface area contributed by atoms with E-state index in [4.69, 9.17) is 4.74 Å². The van der Waals surface area contributed by atoms with Crippen molar-refractivity contribution in [1.29, 1.82) is 0 Å². The standard InChI is InChI=1S/C18H16N6O/c1-11-6-7-15-14(8-11)16-17(20-15)21-18(24-22-16)23-19-10-12-4-3-5-13(9-12)25-2/h3-10H,1-2H3,(H2,20,21,23,24)/b19-10+. The number of ether oxygens (including phenoxy) is 1. The molecule has 0 saturated heterocycles. The lowest BCUT2D eigenvalue weighted by Crippen LogP contribution is -1.99. The maximum Gasteiger partial charge on any atom is 0.265 e. The van der Waals surface area contributed by atoms with Crippen molar-refractivity contribution in [3.8, 4) is 5.75 Å². The molecule has 7 heteroatoms. The fourth-order valence-electron chi connectivity index (χ4n) is 2.62. The van der Waals surface area contributed by atoms with Gasteiger partial charge in [-0.3, -0.25) is 0 Å². The van der Waals surface area contributed by atoms with Gasteiger partial charge in [-0.2, -0.15) is 10.1 Å². The highest BCUT2D eigenvalue weighted by atomic mass is 16.5. The number of fused-ring (bicyclic) bond motifs is 3. The summed E-state index contributed by atoms with van der Waals surface area (Å²) >= 11 is 0. The number of benzene rings is 2. The lowest BCUT2D eigenvalue weighted by Gasteiger charge is -2.00. The molecule has 0 atom stereocenters. The zero-order chi connectivity index (χ0) is 17.2. The first-order valence-corrected chi connectivity index (χ1v) is 7.79. The maximum absolute atomic E-state index is 5.18. The predicted octanol–water partition coefficient (Wildman–Crippen LogP) is 3.27. The molecule has 0 aliphatic carbocycles. The van der Waals surface area contributed by atoms with Crippen molar-refractivity contribution in [2.24, 2.45) is 5.10 Å². The number of anilines is 1. The molecule has 2 N–H and O–H groups in total. The van der Waals surface area contributed by atoms with Crippen LogP contribution < -0.4 is 10.2 Å². The van der Waals surface area contributed by atoms with Crippen LogP contribution >= 0.6 is 0 Å². The Morgan fingerprint density at radius 3 is 2.96 bits per heavy atom. The molecule has 0 aliphatic heterocycles. The number of aromatic amines is 1. The lowest BCUT2D eigenvalue weighted by molar-refractivity contribution is 0.415. The average Bonchev–Trinajstić information content (AvgIpc) is 2.99. The van der Waals surface area contributed by atoms with Gasteiger partial charge in [0, 0.05) is 10.9 Å². The van der Waals surface area contributed by atoms with Gasteiger partial charge in [0.25, 0.3) is 5.95 Å². The molecule has 2 heterocycles. The van der Waals surface area contributed by atoms with Crippen LogP contribution in [0.5, 0.6) is 5.75 Å². The van der Waals surface area contributed by atoms with Gasteiger partial charge < -0.3 is 9.72 Å². The van der Waals surface area contributed by atoms with Gasteiger partial charge in [0.15, 0.2) is 5.65 Å². The molecule has 25 heavy (non-hydrogen) atoms. The van der Waals surface area contributed by atoms with Gasteiger partial charge in [-0.25, -0.2) is 5.43 Å². The fraction of sp³-hybridized carbons (Fsp3) is 0.111. The van der Waals surface area contributed by atoms with Crippen LogP contribution in [-0.2, 0) is 0 Å². The first-order valence-electron chi connectivity index (χ1n) is 7.79. The van der Waals surface area contributed by atoms with Crippen LogP contribution in [0.1, 0.15) is 11.1 Å². The predicted molar refractivity (Wildman–Crippen MR) is 98.1 cm³/mol. The van der Waals surface area contributed by atoms with Crippen molar-refractivity contribution >= 4 is 34.2 Å². The Morgan fingerprint density at radius 1 is 1.16 bits per heavy atom. The van der Waals surface area contributed by atoms with Gasteiger partial charge in [-0.1, -0.05) is 23.8 Å². The zero-order valence-electron chi connectivity index (χ0n) is 13.8. The summed E-state index contributed by atoms with van der Waals surface area (Å²) in [5, 5.41) is 13.5. The van der Waals surface area contributed by atoms with Gasteiger partial charge >= 0.3 is 0 Å². The van der Waals surface area contributed by atoms with Gasteiger partial charge in [0.1, 0.15) is 11.3 Å². The number of methoxy groups -OCH3 is 1. The molecule has 2 aromatic carbocycles. The molecule has 0 aliphatic rings. The Balaban J connectivity index is 1.59. The van der Waals surface area contributed by atoms with Crippen molar-refractivity contribution in [2.45, 2.75) is 6.92 Å². The lowest BCUT2D eigenvalue weighted by atomic mass is 10.2. The molecule has 4 aromatic rings. The molecule has 0 bridgehead atoms. The molecule has 0 radical (unpaired) electrons. The largest absolute Gasteiger partial charge is 0.497 e. The minimum absolute atomic E-state index is 0.329. The minimum atomic E-state index is 0.329. The number of hydrogen-bond acceptors (Lipinski definition) is 6. The Morgan fingerprint density at radius 2 is 2.08 bits per heavy atom. The normalized spacial score (nSPS) is 11.4. The summed E-state index contributed by atoms with van der Waals surface area (Å²) in [6, 6.07) is 13.7. The van der Waals surface area contributed by atoms with E-state index in [1.807, 2.05) is 43.3 Å². The highest BCUT2D eigenvalue weighted by Crippen LogP contribution is 2.23. The molecule has 7 nitrogen and oxygen atoms in total. The smallest absolute Gasteiger partial charge is 0.265 e. The van der Waals surface area contributed by atoms with Crippen LogP contribution in [0.3, 0.4) is 0 Å². The highest BCUT2D eigenvalue weighted by Gasteiger charge is 2.08. The number of nitrogens with one attached hydrogen (secondary N) is 2. The molecule has 0 fully saturated rings. The topological polar surface area (TPSA) is 88.1 Å². The van der Waals surface area contributed by atoms with Crippen LogP contribution in [-0.4, -0.2) is 33.5 Å². The van der Waals surface area contributed by atoms with E-state index in [0.717, 1.165) is 27.7 Å². The minimum Gasteiger partial charge on any atom is -0.497 e. The SMILES string of the molecule is COc1cccc(/C=N/Nc2nnc3c(n2)[nH]c2ccc(C)cc23)c1. The van der Waals surface area contributed by atoms with Crippen molar-refractivity contribution in [3.63, 3.8) is 0 Å². The third-order valence-electron chi connectivity index (χ3n) is 3.84. The molecule has 4 rings (SSSR count). The Kier molecular flexibility index (Phi) is 3.74. The molecule has 0 spiro atoms. The van der Waals surface area contributed by atoms with E-state index in [0.29, 0.717) is 11.6 Å². The summed E-state index contributed by atoms with van der Waals surface area (Å²) in [5.41, 5.74) is 7.29. The highest BCUT2D eigenvalue weighted by molar-refractivity contribution is 6.03. The first kappa shape index (κ1) is 15.1. The van der Waals surface area contributed by atoms with E-state index in [1.165, 1.54) is 5.56 Å². The van der Waals surface area contributed by atoms with E-state index in [2.05, 4.69) is 36.8 Å². The van der Waals surface area contributed by atoms with Crippen LogP contribution in [0.2, 0.25) is 0 Å². The van der Waals surface area contributed by atoms with Crippen LogP contribution in [0, 0.1) is 6.92 Å². The number of hydrogen-bond donors (Lipinski definition) is 2. The number of hydrazone groups is 1. The molecular formula is C18H16N6O. The molecule has 0 amide bonds. The molecule has 2 aromatic heterocycles. The maximum atomic E-state index is 5.18. The summed E-state index contributed by atoms with van der Waals surface area (Å²) in [6.07, 6.45) is 1.67. The number of nitrogens with zero attached hydrogens (tertiary/aromatic N) is 4. The second-order valence-electron chi connectivity index (χ2n) is 5.65. The molecular weight excluding hydrogens is 316 g/mol. The van der Waals surface area contributed by atoms with Gasteiger partial charge in [0.2, 0.25) is 0 Å². The van der Waals surface area contributed by atoms with E-state index >= 15 is 0 Å². The van der Waals surface area contributed by atoms with Crippen molar-refractivity contribution in [1.82, 2.24) is 20.2 Å². The van der Waals surface area contributed by atoms with Gasteiger partial charge in [-0.05, 0) is 36.8 Å². The number of aromatic nitrogens is 4. The van der Waals surface area contributed by atoms with E-state index < -0.39 is 0 Å². The Hall–Kier alpha value is -3.48. The van der Waals surface area contributed by atoms with E-state index in [1.54, 1.807) is 13.3 Å². The van der Waals surface area contributed by atoms with Crippen LogP contribution in [0.25, 0.3) is 22.1 Å². The van der Waals surface area contributed by atoms with Crippen molar-refractivity contribution in [3.05, 3.63) is 53.6 Å². The molecule has 0 unspecified atom stereocenters. The second-order valence-corrected chi connectivity index (χ2v) is 5.65. The quantitative estimate of drug-likeness (QED) is 0.442.